The topological polar surface area (TPSA) is 21.3 Å². The van der Waals surface area contributed by atoms with E-state index in [2.05, 4.69) is 29.6 Å². The summed E-state index contributed by atoms with van der Waals surface area (Å²) in [5.41, 5.74) is 2.25. The molecule has 1 N–H and O–H groups in total. The SMILES string of the molecule is Fc1cccc2c1OCCC2NCCc1ccccc1. The largest absolute Gasteiger partial charge is 0.490 e. The number of nitrogens with one attached hydrogen (secondary N) is 1. The highest BCUT2D eigenvalue weighted by molar-refractivity contribution is 5.38. The average Bonchev–Trinajstić information content (AvgIpc) is 2.49. The van der Waals surface area contributed by atoms with Crippen LogP contribution in [0.3, 0.4) is 0 Å². The summed E-state index contributed by atoms with van der Waals surface area (Å²) in [5.74, 6) is 0.146. The number of fused-ring (bicyclic) bond motifs is 1. The van der Waals surface area contributed by atoms with Gasteiger partial charge in [0.15, 0.2) is 11.6 Å². The van der Waals surface area contributed by atoms with E-state index in [9.17, 15) is 4.39 Å². The third-order valence-electron chi connectivity index (χ3n) is 3.67. The van der Waals surface area contributed by atoms with Gasteiger partial charge in [-0.3, -0.25) is 0 Å². The van der Waals surface area contributed by atoms with Crippen LogP contribution in [-0.2, 0) is 6.42 Å². The number of ether oxygens (including phenoxy) is 1. The molecule has 0 aliphatic carbocycles. The normalized spacial score (nSPS) is 17.4. The number of rotatable bonds is 4. The van der Waals surface area contributed by atoms with Gasteiger partial charge in [0.2, 0.25) is 0 Å². The zero-order chi connectivity index (χ0) is 13.8. The fourth-order valence-corrected chi connectivity index (χ4v) is 2.63. The molecule has 3 heteroatoms. The maximum absolute atomic E-state index is 13.7. The first-order valence-electron chi connectivity index (χ1n) is 7.03. The fourth-order valence-electron chi connectivity index (χ4n) is 2.63. The Kier molecular flexibility index (Phi) is 3.97. The van der Waals surface area contributed by atoms with Crippen LogP contribution in [0.2, 0.25) is 0 Å². The Labute approximate surface area is 118 Å². The van der Waals surface area contributed by atoms with Crippen molar-refractivity contribution >= 4 is 0 Å². The number of hydrogen-bond donors (Lipinski definition) is 1. The molecule has 1 aliphatic heterocycles. The zero-order valence-electron chi connectivity index (χ0n) is 11.3. The smallest absolute Gasteiger partial charge is 0.165 e. The van der Waals surface area contributed by atoms with Gasteiger partial charge in [-0.25, -0.2) is 4.39 Å². The molecule has 2 aromatic carbocycles. The third-order valence-corrected chi connectivity index (χ3v) is 3.67. The maximum atomic E-state index is 13.7. The highest BCUT2D eigenvalue weighted by Crippen LogP contribution is 2.33. The fraction of sp³-hybridized carbons (Fsp3) is 0.294. The van der Waals surface area contributed by atoms with Crippen LogP contribution in [0, 0.1) is 5.82 Å². The second-order valence-corrected chi connectivity index (χ2v) is 5.04. The van der Waals surface area contributed by atoms with Crippen LogP contribution < -0.4 is 10.1 Å². The van der Waals surface area contributed by atoms with Crippen LogP contribution in [-0.4, -0.2) is 13.2 Å². The molecule has 0 radical (unpaired) electrons. The third kappa shape index (κ3) is 2.83. The van der Waals surface area contributed by atoms with E-state index in [1.807, 2.05) is 12.1 Å². The minimum absolute atomic E-state index is 0.179. The summed E-state index contributed by atoms with van der Waals surface area (Å²) in [5, 5.41) is 3.51. The van der Waals surface area contributed by atoms with Crippen molar-refractivity contribution in [1.29, 1.82) is 0 Å². The van der Waals surface area contributed by atoms with Crippen molar-refractivity contribution < 1.29 is 9.13 Å². The molecule has 2 aromatic rings. The van der Waals surface area contributed by atoms with E-state index < -0.39 is 0 Å². The van der Waals surface area contributed by atoms with Gasteiger partial charge in [-0.15, -0.1) is 0 Å². The summed E-state index contributed by atoms with van der Waals surface area (Å²) in [4.78, 5) is 0. The lowest BCUT2D eigenvalue weighted by Gasteiger charge is -2.27. The predicted octanol–water partition coefficient (Wildman–Crippen LogP) is 3.48. The Morgan fingerprint density at radius 1 is 1.10 bits per heavy atom. The molecule has 0 bridgehead atoms. The monoisotopic (exact) mass is 271 g/mol. The number of halogens is 1. The van der Waals surface area contributed by atoms with Gasteiger partial charge in [0, 0.05) is 18.0 Å². The standard InChI is InChI=1S/C17H18FNO/c18-15-8-4-7-14-16(10-12-20-17(14)15)19-11-9-13-5-2-1-3-6-13/h1-8,16,19H,9-12H2. The van der Waals surface area contributed by atoms with E-state index >= 15 is 0 Å². The van der Waals surface area contributed by atoms with Gasteiger partial charge in [0.25, 0.3) is 0 Å². The molecule has 0 aromatic heterocycles. The average molecular weight is 271 g/mol. The zero-order valence-corrected chi connectivity index (χ0v) is 11.3. The van der Waals surface area contributed by atoms with Crippen LogP contribution in [0.4, 0.5) is 4.39 Å². The molecule has 0 fully saturated rings. The quantitative estimate of drug-likeness (QED) is 0.919. The van der Waals surface area contributed by atoms with Crippen LogP contribution in [0.15, 0.2) is 48.5 Å². The van der Waals surface area contributed by atoms with Crippen molar-refractivity contribution in [3.05, 3.63) is 65.5 Å². The minimum atomic E-state index is -0.267. The summed E-state index contributed by atoms with van der Waals surface area (Å²) < 4.78 is 19.1. The molecular formula is C17H18FNO. The lowest BCUT2D eigenvalue weighted by molar-refractivity contribution is 0.241. The Balaban J connectivity index is 1.64. The molecule has 20 heavy (non-hydrogen) atoms. The number of para-hydroxylation sites is 1. The van der Waals surface area contributed by atoms with Crippen LogP contribution in [0.25, 0.3) is 0 Å². The van der Waals surface area contributed by atoms with Crippen molar-refractivity contribution in [3.8, 4) is 5.75 Å². The van der Waals surface area contributed by atoms with Gasteiger partial charge in [0.05, 0.1) is 6.61 Å². The predicted molar refractivity (Wildman–Crippen MR) is 77.4 cm³/mol. The highest BCUT2D eigenvalue weighted by Gasteiger charge is 2.23. The molecular weight excluding hydrogens is 253 g/mol. The van der Waals surface area contributed by atoms with Crippen molar-refractivity contribution in [2.45, 2.75) is 18.9 Å². The second kappa shape index (κ2) is 6.06. The first-order chi connectivity index (χ1) is 9.84. The van der Waals surface area contributed by atoms with Gasteiger partial charge in [-0.1, -0.05) is 42.5 Å². The molecule has 0 amide bonds. The molecule has 3 rings (SSSR count). The van der Waals surface area contributed by atoms with E-state index in [0.29, 0.717) is 12.4 Å². The van der Waals surface area contributed by atoms with E-state index in [1.165, 1.54) is 11.6 Å². The Hall–Kier alpha value is -1.87. The Morgan fingerprint density at radius 3 is 2.80 bits per heavy atom. The van der Waals surface area contributed by atoms with E-state index in [4.69, 9.17) is 4.74 Å². The molecule has 1 heterocycles. The second-order valence-electron chi connectivity index (χ2n) is 5.04. The van der Waals surface area contributed by atoms with E-state index in [0.717, 1.165) is 24.9 Å². The van der Waals surface area contributed by atoms with Gasteiger partial charge in [0.1, 0.15) is 0 Å². The molecule has 2 nitrogen and oxygen atoms in total. The molecule has 0 saturated carbocycles. The van der Waals surface area contributed by atoms with Gasteiger partial charge < -0.3 is 10.1 Å². The Bertz CT molecular complexity index is 570. The maximum Gasteiger partial charge on any atom is 0.165 e. The Morgan fingerprint density at radius 2 is 1.95 bits per heavy atom. The molecule has 0 saturated heterocycles. The van der Waals surface area contributed by atoms with Gasteiger partial charge >= 0.3 is 0 Å². The van der Waals surface area contributed by atoms with Crippen LogP contribution in [0.5, 0.6) is 5.75 Å². The summed E-state index contributed by atoms with van der Waals surface area (Å²) in [7, 11) is 0. The minimum Gasteiger partial charge on any atom is -0.490 e. The molecule has 1 unspecified atom stereocenters. The number of benzene rings is 2. The molecule has 0 spiro atoms. The highest BCUT2D eigenvalue weighted by atomic mass is 19.1. The first kappa shape index (κ1) is 13.1. The van der Waals surface area contributed by atoms with Gasteiger partial charge in [-0.05, 0) is 24.6 Å². The summed E-state index contributed by atoms with van der Waals surface area (Å²) >= 11 is 0. The molecule has 1 atom stereocenters. The summed E-state index contributed by atoms with van der Waals surface area (Å²) in [6.45, 7) is 1.45. The molecule has 1 aliphatic rings. The van der Waals surface area contributed by atoms with Crippen molar-refractivity contribution in [2.75, 3.05) is 13.2 Å². The van der Waals surface area contributed by atoms with Crippen LogP contribution >= 0.6 is 0 Å². The van der Waals surface area contributed by atoms with E-state index in [-0.39, 0.29) is 11.9 Å². The lowest BCUT2D eigenvalue weighted by atomic mass is 10.00. The van der Waals surface area contributed by atoms with Gasteiger partial charge in [-0.2, -0.15) is 0 Å². The summed E-state index contributed by atoms with van der Waals surface area (Å²) in [6, 6.07) is 15.7. The van der Waals surface area contributed by atoms with Crippen molar-refractivity contribution in [3.63, 3.8) is 0 Å². The lowest BCUT2D eigenvalue weighted by Crippen LogP contribution is -2.29. The van der Waals surface area contributed by atoms with Crippen molar-refractivity contribution in [1.82, 2.24) is 5.32 Å². The van der Waals surface area contributed by atoms with Crippen LogP contribution in [0.1, 0.15) is 23.6 Å². The summed E-state index contributed by atoms with van der Waals surface area (Å²) in [6.07, 6.45) is 1.86. The van der Waals surface area contributed by atoms with Crippen molar-refractivity contribution in [2.24, 2.45) is 0 Å². The first-order valence-corrected chi connectivity index (χ1v) is 7.03. The van der Waals surface area contributed by atoms with E-state index in [1.54, 1.807) is 6.07 Å². The number of hydrogen-bond acceptors (Lipinski definition) is 2. The molecule has 104 valence electrons.